The zero-order chi connectivity index (χ0) is 14.1. The van der Waals surface area contributed by atoms with E-state index in [1.807, 2.05) is 0 Å². The first-order chi connectivity index (χ1) is 8.79. The van der Waals surface area contributed by atoms with Crippen molar-refractivity contribution < 1.29 is 0 Å². The second-order valence-electron chi connectivity index (χ2n) is 5.47. The fraction of sp³-hybridized carbons (Fsp3) is 0.692. The van der Waals surface area contributed by atoms with Gasteiger partial charge in [-0.3, -0.25) is 0 Å². The van der Waals surface area contributed by atoms with Gasteiger partial charge < -0.3 is 0 Å². The van der Waals surface area contributed by atoms with Crippen molar-refractivity contribution in [1.29, 1.82) is 0 Å². The van der Waals surface area contributed by atoms with Gasteiger partial charge in [0.15, 0.2) is 4.33 Å². The summed E-state index contributed by atoms with van der Waals surface area (Å²) < 4.78 is -1.40. The standard InChI is InChI=1S/C13H12Cl6/c14-9-10(15)12(17)8-6-4-2-1-3-5-7(8)11(9,16)13(12,18)19/h3,5,7-8H,1-2,4,6H2/b5-3-. The molecule has 19 heavy (non-hydrogen) atoms. The first-order valence-corrected chi connectivity index (χ1v) is 8.55. The van der Waals surface area contributed by atoms with E-state index in [1.165, 1.54) is 0 Å². The maximum atomic E-state index is 6.77. The fourth-order valence-electron chi connectivity index (χ4n) is 3.65. The second-order valence-corrected chi connectivity index (χ2v) is 8.75. The Hall–Kier alpha value is 1.22. The molecule has 0 aromatic carbocycles. The van der Waals surface area contributed by atoms with Gasteiger partial charge in [0.25, 0.3) is 0 Å². The Labute approximate surface area is 143 Å². The lowest BCUT2D eigenvalue weighted by atomic mass is 9.77. The Morgan fingerprint density at radius 1 is 0.947 bits per heavy atom. The average molecular weight is 381 g/mol. The number of alkyl halides is 4. The average Bonchev–Trinajstić information content (AvgIpc) is 2.50. The summed E-state index contributed by atoms with van der Waals surface area (Å²) in [4.78, 5) is -2.22. The zero-order valence-electron chi connectivity index (χ0n) is 9.91. The number of hydrogen-bond donors (Lipinski definition) is 0. The van der Waals surface area contributed by atoms with E-state index in [0.717, 1.165) is 25.7 Å². The highest BCUT2D eigenvalue weighted by molar-refractivity contribution is 6.65. The molecule has 3 rings (SSSR count). The van der Waals surface area contributed by atoms with Crippen LogP contribution in [0.3, 0.4) is 0 Å². The van der Waals surface area contributed by atoms with Crippen LogP contribution in [0.4, 0.5) is 0 Å². The third-order valence-corrected chi connectivity index (χ3v) is 8.95. The molecule has 0 nitrogen and oxygen atoms in total. The Balaban J connectivity index is 2.23. The number of halogens is 6. The van der Waals surface area contributed by atoms with Crippen LogP contribution < -0.4 is 0 Å². The van der Waals surface area contributed by atoms with Crippen LogP contribution in [0.15, 0.2) is 22.2 Å². The Bertz CT molecular complexity index is 482. The summed E-state index contributed by atoms with van der Waals surface area (Å²) >= 11 is 39.2. The van der Waals surface area contributed by atoms with Crippen LogP contribution in [0.25, 0.3) is 0 Å². The van der Waals surface area contributed by atoms with Crippen LogP contribution in [-0.4, -0.2) is 14.1 Å². The van der Waals surface area contributed by atoms with Crippen molar-refractivity contribution in [3.8, 4) is 0 Å². The quantitative estimate of drug-likeness (QED) is 0.347. The molecular weight excluding hydrogens is 369 g/mol. The van der Waals surface area contributed by atoms with Gasteiger partial charge >= 0.3 is 0 Å². The maximum Gasteiger partial charge on any atom is 0.167 e. The number of rotatable bonds is 0. The minimum Gasteiger partial charge on any atom is -0.109 e. The zero-order valence-corrected chi connectivity index (χ0v) is 14.4. The summed E-state index contributed by atoms with van der Waals surface area (Å²) in [5, 5.41) is 0.605. The van der Waals surface area contributed by atoms with Gasteiger partial charge in [-0.15, -0.1) is 23.2 Å². The van der Waals surface area contributed by atoms with Gasteiger partial charge in [0.2, 0.25) is 0 Å². The van der Waals surface area contributed by atoms with Crippen molar-refractivity contribution in [2.45, 2.75) is 39.8 Å². The van der Waals surface area contributed by atoms with Gasteiger partial charge in [-0.2, -0.15) is 0 Å². The van der Waals surface area contributed by atoms with Gasteiger partial charge in [0, 0.05) is 5.92 Å². The highest BCUT2D eigenvalue weighted by Gasteiger charge is 2.81. The molecule has 1 fully saturated rings. The SMILES string of the molecule is ClC1=C(Cl)C2(Cl)C3CCCC/C=C\C3C1(Cl)C2(Cl)Cl. The lowest BCUT2D eigenvalue weighted by Crippen LogP contribution is -2.44. The minimum atomic E-state index is -1.40. The van der Waals surface area contributed by atoms with Crippen molar-refractivity contribution >= 4 is 69.6 Å². The third kappa shape index (κ3) is 1.57. The molecule has 0 heterocycles. The first kappa shape index (κ1) is 15.1. The summed E-state index contributed by atoms with van der Waals surface area (Å²) in [6, 6.07) is 0. The van der Waals surface area contributed by atoms with E-state index < -0.39 is 14.1 Å². The van der Waals surface area contributed by atoms with E-state index in [2.05, 4.69) is 12.2 Å². The summed E-state index contributed by atoms with van der Waals surface area (Å²) in [5.41, 5.74) is 0. The second kappa shape index (κ2) is 4.61. The van der Waals surface area contributed by atoms with Crippen LogP contribution in [-0.2, 0) is 0 Å². The Kier molecular flexibility index (Phi) is 3.67. The molecule has 0 aromatic rings. The van der Waals surface area contributed by atoms with Gasteiger partial charge in [-0.25, -0.2) is 0 Å². The van der Waals surface area contributed by atoms with Crippen molar-refractivity contribution in [1.82, 2.24) is 0 Å². The molecule has 0 amide bonds. The van der Waals surface area contributed by atoms with Crippen LogP contribution in [0.1, 0.15) is 25.7 Å². The summed E-state index contributed by atoms with van der Waals surface area (Å²) in [6.45, 7) is 0. The molecule has 0 N–H and O–H groups in total. The molecule has 0 saturated heterocycles. The molecule has 3 aliphatic rings. The summed E-state index contributed by atoms with van der Waals surface area (Å²) in [6.07, 6.45) is 8.27. The van der Waals surface area contributed by atoms with Gasteiger partial charge in [-0.05, 0) is 25.2 Å². The molecule has 0 radical (unpaired) electrons. The number of fused-ring (bicyclic) bond motifs is 5. The molecule has 106 valence electrons. The molecule has 2 bridgehead atoms. The highest BCUT2D eigenvalue weighted by Crippen LogP contribution is 2.77. The third-order valence-electron chi connectivity index (χ3n) is 4.63. The van der Waals surface area contributed by atoms with Crippen LogP contribution in [0.5, 0.6) is 0 Å². The summed E-state index contributed by atoms with van der Waals surface area (Å²) in [7, 11) is 0. The van der Waals surface area contributed by atoms with Crippen molar-refractivity contribution in [2.24, 2.45) is 11.8 Å². The largest absolute Gasteiger partial charge is 0.167 e. The molecule has 4 atom stereocenters. The molecule has 3 aliphatic carbocycles. The van der Waals surface area contributed by atoms with E-state index in [-0.39, 0.29) is 11.8 Å². The lowest BCUT2D eigenvalue weighted by Gasteiger charge is -2.36. The van der Waals surface area contributed by atoms with Gasteiger partial charge in [0.1, 0.15) is 9.75 Å². The van der Waals surface area contributed by atoms with E-state index in [0.29, 0.717) is 10.1 Å². The van der Waals surface area contributed by atoms with Crippen molar-refractivity contribution in [3.05, 3.63) is 22.2 Å². The van der Waals surface area contributed by atoms with E-state index >= 15 is 0 Å². The van der Waals surface area contributed by atoms with Crippen molar-refractivity contribution in [2.75, 3.05) is 0 Å². The minimum absolute atomic E-state index is 0.00761. The monoisotopic (exact) mass is 378 g/mol. The molecule has 0 spiro atoms. The first-order valence-electron chi connectivity index (χ1n) is 6.28. The smallest absolute Gasteiger partial charge is 0.109 e. The fourth-order valence-corrected chi connectivity index (χ4v) is 6.70. The van der Waals surface area contributed by atoms with Gasteiger partial charge in [-0.1, -0.05) is 65.0 Å². The van der Waals surface area contributed by atoms with Crippen LogP contribution >= 0.6 is 69.6 Å². The predicted octanol–water partition coefficient (Wildman–Crippen LogP) is 6.19. The molecule has 4 unspecified atom stereocenters. The maximum absolute atomic E-state index is 6.77. The molecule has 6 heteroatoms. The number of hydrogen-bond acceptors (Lipinski definition) is 0. The Morgan fingerprint density at radius 2 is 1.58 bits per heavy atom. The highest BCUT2D eigenvalue weighted by atomic mass is 35.5. The molecule has 0 aliphatic heterocycles. The van der Waals surface area contributed by atoms with Crippen molar-refractivity contribution in [3.63, 3.8) is 0 Å². The van der Waals surface area contributed by atoms with E-state index in [4.69, 9.17) is 69.6 Å². The number of allylic oxidation sites excluding steroid dienone is 4. The van der Waals surface area contributed by atoms with Crippen LogP contribution in [0, 0.1) is 11.8 Å². The molecule has 1 saturated carbocycles. The molecular formula is C13H12Cl6. The van der Waals surface area contributed by atoms with E-state index in [9.17, 15) is 0 Å². The predicted molar refractivity (Wildman–Crippen MR) is 84.9 cm³/mol. The van der Waals surface area contributed by atoms with E-state index in [1.54, 1.807) is 0 Å². The normalized spacial score (nSPS) is 49.8. The van der Waals surface area contributed by atoms with Crippen LogP contribution in [0.2, 0.25) is 0 Å². The Morgan fingerprint density at radius 3 is 2.26 bits per heavy atom. The summed E-state index contributed by atoms with van der Waals surface area (Å²) in [5.74, 6) is -0.0785. The topological polar surface area (TPSA) is 0 Å². The lowest BCUT2D eigenvalue weighted by molar-refractivity contribution is 0.343. The van der Waals surface area contributed by atoms with Gasteiger partial charge in [0.05, 0.1) is 10.1 Å². The molecule has 0 aromatic heterocycles.